The monoisotopic (exact) mass is 221 g/mol. The second kappa shape index (κ2) is 5.36. The van der Waals surface area contributed by atoms with Gasteiger partial charge in [0.2, 0.25) is 0 Å². The van der Waals surface area contributed by atoms with Crippen LogP contribution in [0.2, 0.25) is 0 Å². The van der Waals surface area contributed by atoms with Gasteiger partial charge >= 0.3 is 0 Å². The SMILES string of the molecule is CC(C)N(CCC#N)c1cc(F)ccc1N. The molecular weight excluding hydrogens is 205 g/mol. The summed E-state index contributed by atoms with van der Waals surface area (Å²) in [5.74, 6) is -0.313. The van der Waals surface area contributed by atoms with Crippen LogP contribution in [-0.2, 0) is 0 Å². The molecule has 0 spiro atoms. The highest BCUT2D eigenvalue weighted by Gasteiger charge is 2.13. The predicted octanol–water partition coefficient (Wildman–Crippen LogP) is 2.54. The van der Waals surface area contributed by atoms with Gasteiger partial charge in [-0.15, -0.1) is 0 Å². The average Bonchev–Trinajstić information content (AvgIpc) is 2.23. The minimum absolute atomic E-state index is 0.178. The third-order valence-electron chi connectivity index (χ3n) is 2.39. The van der Waals surface area contributed by atoms with Crippen LogP contribution in [0.3, 0.4) is 0 Å². The van der Waals surface area contributed by atoms with E-state index in [9.17, 15) is 4.39 Å². The molecule has 0 radical (unpaired) electrons. The van der Waals surface area contributed by atoms with E-state index in [0.29, 0.717) is 24.3 Å². The molecule has 0 aliphatic rings. The van der Waals surface area contributed by atoms with Gasteiger partial charge < -0.3 is 10.6 Å². The van der Waals surface area contributed by atoms with E-state index >= 15 is 0 Å². The zero-order valence-electron chi connectivity index (χ0n) is 9.57. The fourth-order valence-corrected chi connectivity index (χ4v) is 1.59. The Hall–Kier alpha value is -1.76. The molecule has 0 aliphatic carbocycles. The molecule has 86 valence electrons. The zero-order valence-corrected chi connectivity index (χ0v) is 9.57. The fraction of sp³-hybridized carbons (Fsp3) is 0.417. The van der Waals surface area contributed by atoms with Crippen molar-refractivity contribution in [3.05, 3.63) is 24.0 Å². The lowest BCUT2D eigenvalue weighted by molar-refractivity contribution is 0.623. The summed E-state index contributed by atoms with van der Waals surface area (Å²) in [7, 11) is 0. The van der Waals surface area contributed by atoms with E-state index < -0.39 is 0 Å². The van der Waals surface area contributed by atoms with E-state index in [-0.39, 0.29) is 11.9 Å². The van der Waals surface area contributed by atoms with Gasteiger partial charge in [0, 0.05) is 12.6 Å². The van der Waals surface area contributed by atoms with Gasteiger partial charge in [-0.2, -0.15) is 5.26 Å². The van der Waals surface area contributed by atoms with Crippen LogP contribution < -0.4 is 10.6 Å². The van der Waals surface area contributed by atoms with Crippen molar-refractivity contribution in [3.8, 4) is 6.07 Å². The van der Waals surface area contributed by atoms with Crippen LogP contribution in [-0.4, -0.2) is 12.6 Å². The summed E-state index contributed by atoms with van der Waals surface area (Å²) in [5, 5.41) is 8.59. The maximum absolute atomic E-state index is 13.1. The minimum atomic E-state index is -0.313. The van der Waals surface area contributed by atoms with E-state index in [1.54, 1.807) is 6.07 Å². The lowest BCUT2D eigenvalue weighted by Crippen LogP contribution is -2.32. The van der Waals surface area contributed by atoms with Gasteiger partial charge in [0.05, 0.1) is 23.9 Å². The second-order valence-electron chi connectivity index (χ2n) is 3.90. The first-order chi connectivity index (χ1) is 7.56. The normalized spacial score (nSPS) is 10.2. The highest BCUT2D eigenvalue weighted by atomic mass is 19.1. The molecule has 2 N–H and O–H groups in total. The summed E-state index contributed by atoms with van der Waals surface area (Å²) in [6.07, 6.45) is 0.397. The van der Waals surface area contributed by atoms with Crippen molar-refractivity contribution in [2.45, 2.75) is 26.3 Å². The van der Waals surface area contributed by atoms with E-state index in [4.69, 9.17) is 11.0 Å². The van der Waals surface area contributed by atoms with Crippen molar-refractivity contribution in [1.82, 2.24) is 0 Å². The molecule has 0 fully saturated rings. The molecule has 1 aromatic rings. The molecule has 3 nitrogen and oxygen atoms in total. The minimum Gasteiger partial charge on any atom is -0.397 e. The molecule has 0 aromatic heterocycles. The molecule has 0 atom stereocenters. The van der Waals surface area contributed by atoms with Crippen LogP contribution in [0.15, 0.2) is 18.2 Å². The van der Waals surface area contributed by atoms with Gasteiger partial charge in [0.25, 0.3) is 0 Å². The smallest absolute Gasteiger partial charge is 0.125 e. The van der Waals surface area contributed by atoms with E-state index in [2.05, 4.69) is 6.07 Å². The molecule has 0 saturated carbocycles. The zero-order chi connectivity index (χ0) is 12.1. The molecule has 0 aliphatic heterocycles. The fourth-order valence-electron chi connectivity index (χ4n) is 1.59. The highest BCUT2D eigenvalue weighted by molar-refractivity contribution is 5.67. The van der Waals surface area contributed by atoms with Gasteiger partial charge in [-0.25, -0.2) is 4.39 Å². The van der Waals surface area contributed by atoms with Crippen LogP contribution in [0.1, 0.15) is 20.3 Å². The summed E-state index contributed by atoms with van der Waals surface area (Å²) in [6.45, 7) is 4.53. The summed E-state index contributed by atoms with van der Waals surface area (Å²) in [4.78, 5) is 1.93. The number of hydrogen-bond donors (Lipinski definition) is 1. The molecule has 16 heavy (non-hydrogen) atoms. The van der Waals surface area contributed by atoms with Crippen molar-refractivity contribution in [1.29, 1.82) is 5.26 Å². The third-order valence-corrected chi connectivity index (χ3v) is 2.39. The number of rotatable bonds is 4. The lowest BCUT2D eigenvalue weighted by atomic mass is 10.2. The summed E-state index contributed by atoms with van der Waals surface area (Å²) < 4.78 is 13.1. The van der Waals surface area contributed by atoms with E-state index in [1.807, 2.05) is 18.7 Å². The number of hydrogen-bond acceptors (Lipinski definition) is 3. The molecule has 0 unspecified atom stereocenters. The number of nitrogens with zero attached hydrogens (tertiary/aromatic N) is 2. The quantitative estimate of drug-likeness (QED) is 0.795. The summed E-state index contributed by atoms with van der Waals surface area (Å²) in [6, 6.07) is 6.55. The van der Waals surface area contributed by atoms with Crippen molar-refractivity contribution in [2.75, 3.05) is 17.2 Å². The van der Waals surface area contributed by atoms with Gasteiger partial charge in [-0.3, -0.25) is 0 Å². The molecule has 4 heteroatoms. The largest absolute Gasteiger partial charge is 0.397 e. The first kappa shape index (κ1) is 12.3. The van der Waals surface area contributed by atoms with Crippen LogP contribution in [0.4, 0.5) is 15.8 Å². The van der Waals surface area contributed by atoms with Gasteiger partial charge in [0.1, 0.15) is 5.82 Å². The summed E-state index contributed by atoms with van der Waals surface area (Å²) in [5.41, 5.74) is 7.00. The topological polar surface area (TPSA) is 53.0 Å². The lowest BCUT2D eigenvalue weighted by Gasteiger charge is -2.29. The van der Waals surface area contributed by atoms with Crippen molar-refractivity contribution in [3.63, 3.8) is 0 Å². The Kier molecular flexibility index (Phi) is 4.12. The number of halogens is 1. The van der Waals surface area contributed by atoms with Crippen LogP contribution >= 0.6 is 0 Å². The molecule has 0 bridgehead atoms. The summed E-state index contributed by atoms with van der Waals surface area (Å²) >= 11 is 0. The molecule has 1 aromatic carbocycles. The predicted molar refractivity (Wildman–Crippen MR) is 63.5 cm³/mol. The number of anilines is 2. The molecule has 1 rings (SSSR count). The Balaban J connectivity index is 3.01. The molecule has 0 saturated heterocycles. The van der Waals surface area contributed by atoms with Crippen LogP contribution in [0, 0.1) is 17.1 Å². The number of nitrogens with two attached hydrogens (primary N) is 1. The molecular formula is C12H16FN3. The number of benzene rings is 1. The van der Waals surface area contributed by atoms with Crippen LogP contribution in [0.5, 0.6) is 0 Å². The van der Waals surface area contributed by atoms with E-state index in [1.165, 1.54) is 12.1 Å². The Morgan fingerprint density at radius 3 is 2.75 bits per heavy atom. The van der Waals surface area contributed by atoms with Gasteiger partial charge in [-0.05, 0) is 32.0 Å². The van der Waals surface area contributed by atoms with E-state index in [0.717, 1.165) is 0 Å². The standard InChI is InChI=1S/C12H16FN3/c1-9(2)16(7-3-6-14)12-8-10(13)4-5-11(12)15/h4-5,8-9H,3,7,15H2,1-2H3. The van der Waals surface area contributed by atoms with Gasteiger partial charge in [0.15, 0.2) is 0 Å². The van der Waals surface area contributed by atoms with Crippen LogP contribution in [0.25, 0.3) is 0 Å². The Labute approximate surface area is 95.3 Å². The van der Waals surface area contributed by atoms with Gasteiger partial charge in [-0.1, -0.05) is 0 Å². The Morgan fingerprint density at radius 2 is 2.19 bits per heavy atom. The Morgan fingerprint density at radius 1 is 1.50 bits per heavy atom. The molecule has 0 amide bonds. The number of nitrogen functional groups attached to an aromatic ring is 1. The molecule has 0 heterocycles. The maximum atomic E-state index is 13.1. The van der Waals surface area contributed by atoms with Crippen molar-refractivity contribution >= 4 is 11.4 Å². The maximum Gasteiger partial charge on any atom is 0.125 e. The van der Waals surface area contributed by atoms with Crippen molar-refractivity contribution < 1.29 is 4.39 Å². The first-order valence-electron chi connectivity index (χ1n) is 5.25. The Bertz CT molecular complexity index is 396. The second-order valence-corrected chi connectivity index (χ2v) is 3.90. The highest BCUT2D eigenvalue weighted by Crippen LogP contribution is 2.26. The first-order valence-corrected chi connectivity index (χ1v) is 5.25. The third kappa shape index (κ3) is 2.86. The van der Waals surface area contributed by atoms with Crippen molar-refractivity contribution in [2.24, 2.45) is 0 Å². The average molecular weight is 221 g/mol. The number of nitriles is 1.